The van der Waals surface area contributed by atoms with Gasteiger partial charge in [0.25, 0.3) is 5.91 Å². The van der Waals surface area contributed by atoms with Crippen LogP contribution in [0.15, 0.2) is 30.5 Å². The molecule has 0 bridgehead atoms. The Morgan fingerprint density at radius 3 is 2.84 bits per heavy atom. The third-order valence-corrected chi connectivity index (χ3v) is 4.42. The van der Waals surface area contributed by atoms with E-state index < -0.39 is 0 Å². The molecule has 0 aliphatic rings. The molecule has 2 aromatic heterocycles. The van der Waals surface area contributed by atoms with Crippen molar-refractivity contribution in [2.75, 3.05) is 0 Å². The van der Waals surface area contributed by atoms with Crippen LogP contribution in [0.2, 0.25) is 0 Å². The second kappa shape index (κ2) is 5.97. The maximum atomic E-state index is 12.2. The first-order chi connectivity index (χ1) is 9.11. The van der Waals surface area contributed by atoms with Gasteiger partial charge in [0.15, 0.2) is 0 Å². The van der Waals surface area contributed by atoms with Crippen LogP contribution in [0.3, 0.4) is 0 Å². The zero-order chi connectivity index (χ0) is 13.8. The Bertz CT molecular complexity index is 563. The van der Waals surface area contributed by atoms with Gasteiger partial charge in [0.05, 0.1) is 16.6 Å². The summed E-state index contributed by atoms with van der Waals surface area (Å²) < 4.78 is 0. The van der Waals surface area contributed by atoms with Gasteiger partial charge in [-0.25, -0.2) is 0 Å². The smallest absolute Gasteiger partial charge is 0.261 e. The number of carbonyl (C=O) groups is 1. The van der Waals surface area contributed by atoms with Crippen LogP contribution in [0, 0.1) is 6.92 Å². The van der Waals surface area contributed by atoms with Crippen molar-refractivity contribution in [3.63, 3.8) is 0 Å². The number of hydrogen-bond donors (Lipinski definition) is 1. The van der Waals surface area contributed by atoms with E-state index in [1.54, 1.807) is 17.5 Å². The lowest BCUT2D eigenvalue weighted by Gasteiger charge is -2.12. The predicted octanol–water partition coefficient (Wildman–Crippen LogP) is 3.50. The summed E-state index contributed by atoms with van der Waals surface area (Å²) in [6, 6.07) is 7.59. The van der Waals surface area contributed by atoms with E-state index in [1.807, 2.05) is 38.1 Å². The first-order valence-electron chi connectivity index (χ1n) is 6.43. The highest BCUT2D eigenvalue weighted by atomic mass is 32.1. The molecular weight excluding hydrogens is 256 g/mol. The molecule has 1 atom stereocenters. The van der Waals surface area contributed by atoms with Crippen LogP contribution in [0.1, 0.15) is 45.7 Å². The number of pyridine rings is 1. The third kappa shape index (κ3) is 3.20. The Morgan fingerprint density at radius 2 is 2.26 bits per heavy atom. The largest absolute Gasteiger partial charge is 0.343 e. The van der Waals surface area contributed by atoms with Crippen LogP contribution in [0.4, 0.5) is 0 Å². The molecular formula is C15H18N2OS. The van der Waals surface area contributed by atoms with E-state index in [1.165, 1.54) is 10.4 Å². The van der Waals surface area contributed by atoms with Crippen LogP contribution in [-0.4, -0.2) is 10.9 Å². The minimum absolute atomic E-state index is 0.0223. The van der Waals surface area contributed by atoms with E-state index in [0.29, 0.717) is 0 Å². The summed E-state index contributed by atoms with van der Waals surface area (Å²) in [6.45, 7) is 6.10. The monoisotopic (exact) mass is 274 g/mol. The predicted molar refractivity (Wildman–Crippen MR) is 78.6 cm³/mol. The van der Waals surface area contributed by atoms with Crippen molar-refractivity contribution in [2.45, 2.75) is 33.2 Å². The van der Waals surface area contributed by atoms with Crippen LogP contribution >= 0.6 is 11.3 Å². The van der Waals surface area contributed by atoms with E-state index in [-0.39, 0.29) is 11.9 Å². The number of nitrogens with zero attached hydrogens (tertiary/aromatic N) is 1. The van der Waals surface area contributed by atoms with Gasteiger partial charge in [-0.15, -0.1) is 11.3 Å². The van der Waals surface area contributed by atoms with Crippen molar-refractivity contribution < 1.29 is 4.79 Å². The summed E-state index contributed by atoms with van der Waals surface area (Å²) >= 11 is 1.57. The molecule has 2 rings (SSSR count). The topological polar surface area (TPSA) is 42.0 Å². The summed E-state index contributed by atoms with van der Waals surface area (Å²) in [5.74, 6) is -0.0223. The molecule has 3 nitrogen and oxygen atoms in total. The molecule has 0 saturated heterocycles. The van der Waals surface area contributed by atoms with Crippen molar-refractivity contribution >= 4 is 17.2 Å². The molecule has 2 heterocycles. The average molecular weight is 274 g/mol. The zero-order valence-corrected chi connectivity index (χ0v) is 12.3. The number of rotatable bonds is 4. The second-order valence-electron chi connectivity index (χ2n) is 4.52. The van der Waals surface area contributed by atoms with E-state index in [0.717, 1.165) is 17.0 Å². The van der Waals surface area contributed by atoms with E-state index in [4.69, 9.17) is 0 Å². The molecule has 0 aliphatic carbocycles. The summed E-state index contributed by atoms with van der Waals surface area (Å²) in [4.78, 5) is 18.5. The molecule has 0 radical (unpaired) electrons. The highest BCUT2D eigenvalue weighted by Gasteiger charge is 2.15. The van der Waals surface area contributed by atoms with Crippen LogP contribution in [-0.2, 0) is 6.42 Å². The van der Waals surface area contributed by atoms with Crippen LogP contribution < -0.4 is 5.32 Å². The molecule has 19 heavy (non-hydrogen) atoms. The number of amides is 1. The van der Waals surface area contributed by atoms with E-state index in [9.17, 15) is 4.79 Å². The second-order valence-corrected chi connectivity index (χ2v) is 5.66. The van der Waals surface area contributed by atoms with Crippen molar-refractivity contribution in [1.29, 1.82) is 0 Å². The van der Waals surface area contributed by atoms with Crippen LogP contribution in [0.25, 0.3) is 0 Å². The number of hydrogen-bond acceptors (Lipinski definition) is 3. The summed E-state index contributed by atoms with van der Waals surface area (Å²) in [5.41, 5.74) is 2.07. The Balaban J connectivity index is 2.08. The molecule has 0 fully saturated rings. The van der Waals surface area contributed by atoms with E-state index in [2.05, 4.69) is 17.2 Å². The number of thiophene rings is 1. The van der Waals surface area contributed by atoms with Crippen molar-refractivity contribution in [3.8, 4) is 0 Å². The Labute approximate surface area is 117 Å². The number of aryl methyl sites for hydroxylation is 2. The van der Waals surface area contributed by atoms with Gasteiger partial charge in [-0.2, -0.15) is 0 Å². The standard InChI is InChI=1S/C15H18N2OS/c1-4-13-10(2)9-14(19-13)15(18)17-11(3)12-7-5-6-8-16-12/h5-9,11H,4H2,1-3H3,(H,17,18)/t11-/m1/s1. The Hall–Kier alpha value is -1.68. The number of aromatic nitrogens is 1. The molecule has 0 spiro atoms. The lowest BCUT2D eigenvalue weighted by atomic mass is 10.2. The van der Waals surface area contributed by atoms with Gasteiger partial charge >= 0.3 is 0 Å². The fraction of sp³-hybridized carbons (Fsp3) is 0.333. The third-order valence-electron chi connectivity index (χ3n) is 3.04. The van der Waals surface area contributed by atoms with E-state index >= 15 is 0 Å². The van der Waals surface area contributed by atoms with Gasteiger partial charge in [-0.3, -0.25) is 9.78 Å². The maximum Gasteiger partial charge on any atom is 0.261 e. The van der Waals surface area contributed by atoms with Gasteiger partial charge in [0, 0.05) is 11.1 Å². The Morgan fingerprint density at radius 1 is 1.47 bits per heavy atom. The zero-order valence-electron chi connectivity index (χ0n) is 11.4. The normalized spacial score (nSPS) is 12.2. The van der Waals surface area contributed by atoms with Gasteiger partial charge in [-0.1, -0.05) is 13.0 Å². The van der Waals surface area contributed by atoms with Gasteiger partial charge in [0.1, 0.15) is 0 Å². The fourth-order valence-electron chi connectivity index (χ4n) is 1.96. The fourth-order valence-corrected chi connectivity index (χ4v) is 2.97. The molecule has 1 amide bonds. The SMILES string of the molecule is CCc1sc(C(=O)N[C@H](C)c2ccccn2)cc1C. The Kier molecular flexibility index (Phi) is 4.32. The average Bonchev–Trinajstić information content (AvgIpc) is 2.81. The van der Waals surface area contributed by atoms with Crippen molar-refractivity contribution in [2.24, 2.45) is 0 Å². The molecule has 0 aromatic carbocycles. The first kappa shape index (κ1) is 13.7. The minimum atomic E-state index is -0.0822. The summed E-state index contributed by atoms with van der Waals surface area (Å²) in [6.07, 6.45) is 2.71. The highest BCUT2D eigenvalue weighted by Crippen LogP contribution is 2.23. The number of carbonyl (C=O) groups excluding carboxylic acids is 1. The molecule has 1 N–H and O–H groups in total. The molecule has 0 unspecified atom stereocenters. The molecule has 100 valence electrons. The van der Waals surface area contributed by atoms with Gasteiger partial charge < -0.3 is 5.32 Å². The maximum absolute atomic E-state index is 12.2. The van der Waals surface area contributed by atoms with Crippen molar-refractivity contribution in [3.05, 3.63) is 51.5 Å². The summed E-state index contributed by atoms with van der Waals surface area (Å²) in [5, 5.41) is 2.99. The van der Waals surface area contributed by atoms with Crippen LogP contribution in [0.5, 0.6) is 0 Å². The minimum Gasteiger partial charge on any atom is -0.343 e. The molecule has 0 aliphatic heterocycles. The lowest BCUT2D eigenvalue weighted by molar-refractivity contribution is 0.0943. The summed E-state index contributed by atoms with van der Waals surface area (Å²) in [7, 11) is 0. The molecule has 0 saturated carbocycles. The molecule has 4 heteroatoms. The molecule has 2 aromatic rings. The highest BCUT2D eigenvalue weighted by molar-refractivity contribution is 7.14. The van der Waals surface area contributed by atoms with Gasteiger partial charge in [0.2, 0.25) is 0 Å². The quantitative estimate of drug-likeness (QED) is 0.927. The number of nitrogens with one attached hydrogen (secondary N) is 1. The van der Waals surface area contributed by atoms with Crippen molar-refractivity contribution in [1.82, 2.24) is 10.3 Å². The van der Waals surface area contributed by atoms with Gasteiger partial charge in [-0.05, 0) is 44.0 Å². The first-order valence-corrected chi connectivity index (χ1v) is 7.24. The lowest BCUT2D eigenvalue weighted by Crippen LogP contribution is -2.26.